The molecule has 2 N–H and O–H groups in total. The second kappa shape index (κ2) is 6.12. The second-order valence-electron chi connectivity index (χ2n) is 4.95. The zero-order chi connectivity index (χ0) is 12.9. The lowest BCUT2D eigenvalue weighted by Gasteiger charge is -2.19. The first-order chi connectivity index (χ1) is 7.90. The van der Waals surface area contributed by atoms with Gasteiger partial charge >= 0.3 is 0 Å². The van der Waals surface area contributed by atoms with Gasteiger partial charge in [-0.3, -0.25) is 4.79 Å². The van der Waals surface area contributed by atoms with Crippen LogP contribution in [-0.2, 0) is 17.8 Å². The summed E-state index contributed by atoms with van der Waals surface area (Å²) >= 11 is 1.65. The van der Waals surface area contributed by atoms with Gasteiger partial charge in [0.25, 0.3) is 0 Å². The predicted octanol–water partition coefficient (Wildman–Crippen LogP) is 1.71. The van der Waals surface area contributed by atoms with Gasteiger partial charge in [0.15, 0.2) is 0 Å². The molecule has 0 bridgehead atoms. The molecular formula is C12H21N3OS. The second-order valence-corrected chi connectivity index (χ2v) is 6.15. The van der Waals surface area contributed by atoms with Crippen LogP contribution in [0.5, 0.6) is 0 Å². The third-order valence-corrected chi connectivity index (χ3v) is 3.31. The fourth-order valence-corrected chi connectivity index (χ4v) is 1.98. The van der Waals surface area contributed by atoms with Crippen LogP contribution in [0.4, 0.5) is 0 Å². The molecule has 0 unspecified atom stereocenters. The normalized spacial score (nSPS) is 11.5. The fraction of sp³-hybridized carbons (Fsp3) is 0.667. The lowest BCUT2D eigenvalue weighted by molar-refractivity contribution is -0.120. The van der Waals surface area contributed by atoms with Gasteiger partial charge in [0, 0.05) is 16.6 Å². The van der Waals surface area contributed by atoms with E-state index in [-0.39, 0.29) is 11.4 Å². The van der Waals surface area contributed by atoms with E-state index in [2.05, 4.69) is 22.5 Å². The zero-order valence-electron chi connectivity index (χ0n) is 11.0. The summed E-state index contributed by atoms with van der Waals surface area (Å²) in [6, 6.07) is 0. The number of carbonyl (C=O) groups is 1. The van der Waals surface area contributed by atoms with E-state index >= 15 is 0 Å². The highest BCUT2D eigenvalue weighted by atomic mass is 32.1. The van der Waals surface area contributed by atoms with E-state index in [1.165, 1.54) is 4.88 Å². The van der Waals surface area contributed by atoms with E-state index in [0.717, 1.165) is 11.4 Å². The fourth-order valence-electron chi connectivity index (χ4n) is 1.18. The number of nitrogens with zero attached hydrogens (tertiary/aromatic N) is 1. The number of hydrogen-bond donors (Lipinski definition) is 2. The van der Waals surface area contributed by atoms with Gasteiger partial charge in [-0.05, 0) is 27.2 Å². The van der Waals surface area contributed by atoms with Crippen LogP contribution in [0, 0.1) is 0 Å². The van der Waals surface area contributed by atoms with E-state index in [4.69, 9.17) is 0 Å². The third kappa shape index (κ3) is 5.79. The molecule has 0 aliphatic rings. The van der Waals surface area contributed by atoms with Crippen molar-refractivity contribution in [3.8, 4) is 0 Å². The van der Waals surface area contributed by atoms with Crippen LogP contribution >= 0.6 is 11.3 Å². The summed E-state index contributed by atoms with van der Waals surface area (Å²) in [7, 11) is 0. The highest BCUT2D eigenvalue weighted by Crippen LogP contribution is 2.12. The number of aryl methyl sites for hydroxylation is 1. The molecule has 0 saturated carbocycles. The highest BCUT2D eigenvalue weighted by Gasteiger charge is 2.11. The average Bonchev–Trinajstić information content (AvgIpc) is 2.70. The highest BCUT2D eigenvalue weighted by molar-refractivity contribution is 7.11. The van der Waals surface area contributed by atoms with Crippen molar-refractivity contribution in [3.63, 3.8) is 0 Å². The first-order valence-corrected chi connectivity index (χ1v) is 6.67. The molecule has 1 aromatic rings. The molecule has 0 fully saturated rings. The lowest BCUT2D eigenvalue weighted by atomic mass is 10.1. The standard InChI is InChI=1S/C12H21N3OS/c1-5-9-6-14-11(17-9)8-13-10(16)7-15-12(2,3)4/h6,15H,5,7-8H2,1-4H3,(H,13,16). The van der Waals surface area contributed by atoms with E-state index in [1.54, 1.807) is 11.3 Å². The summed E-state index contributed by atoms with van der Waals surface area (Å²) in [6.07, 6.45) is 2.87. The van der Waals surface area contributed by atoms with Crippen LogP contribution in [0.15, 0.2) is 6.20 Å². The Morgan fingerprint density at radius 3 is 2.71 bits per heavy atom. The van der Waals surface area contributed by atoms with Gasteiger partial charge in [0.05, 0.1) is 13.1 Å². The molecule has 5 heteroatoms. The van der Waals surface area contributed by atoms with Crippen LogP contribution in [0.3, 0.4) is 0 Å². The summed E-state index contributed by atoms with van der Waals surface area (Å²) in [6.45, 7) is 9.08. The largest absolute Gasteiger partial charge is 0.348 e. The number of nitrogens with one attached hydrogen (secondary N) is 2. The van der Waals surface area contributed by atoms with Crippen LogP contribution in [0.25, 0.3) is 0 Å². The minimum absolute atomic E-state index is 0.00757. The number of thiazole rings is 1. The monoisotopic (exact) mass is 255 g/mol. The lowest BCUT2D eigenvalue weighted by Crippen LogP contribution is -2.43. The van der Waals surface area contributed by atoms with Crippen LogP contribution in [0.2, 0.25) is 0 Å². The Morgan fingerprint density at radius 1 is 1.47 bits per heavy atom. The van der Waals surface area contributed by atoms with Crippen molar-refractivity contribution in [2.75, 3.05) is 6.54 Å². The third-order valence-electron chi connectivity index (χ3n) is 2.17. The molecule has 0 aromatic carbocycles. The Bertz CT molecular complexity index is 368. The molecule has 0 aliphatic carbocycles. The first kappa shape index (κ1) is 14.1. The molecule has 1 heterocycles. The summed E-state index contributed by atoms with van der Waals surface area (Å²) in [4.78, 5) is 17.0. The Kier molecular flexibility index (Phi) is 5.08. The number of hydrogen-bond acceptors (Lipinski definition) is 4. The predicted molar refractivity (Wildman–Crippen MR) is 71.1 cm³/mol. The molecule has 1 amide bonds. The van der Waals surface area contributed by atoms with Crippen LogP contribution < -0.4 is 10.6 Å². The Balaban J connectivity index is 2.28. The van der Waals surface area contributed by atoms with Crippen LogP contribution in [-0.4, -0.2) is 23.0 Å². The molecule has 0 aliphatic heterocycles. The van der Waals surface area contributed by atoms with Gasteiger partial charge in [0.1, 0.15) is 5.01 Å². The maximum atomic E-state index is 11.5. The van der Waals surface area contributed by atoms with Gasteiger partial charge < -0.3 is 10.6 Å². The average molecular weight is 255 g/mol. The Labute approximate surface area is 107 Å². The van der Waals surface area contributed by atoms with Gasteiger partial charge in [-0.25, -0.2) is 4.98 Å². The zero-order valence-corrected chi connectivity index (χ0v) is 11.8. The molecule has 0 atom stereocenters. The van der Waals surface area contributed by atoms with Gasteiger partial charge in [-0.1, -0.05) is 6.92 Å². The molecule has 17 heavy (non-hydrogen) atoms. The maximum absolute atomic E-state index is 11.5. The van der Waals surface area contributed by atoms with Crippen molar-refractivity contribution in [2.24, 2.45) is 0 Å². The van der Waals surface area contributed by atoms with Crippen molar-refractivity contribution in [1.29, 1.82) is 0 Å². The molecular weight excluding hydrogens is 234 g/mol. The van der Waals surface area contributed by atoms with E-state index in [0.29, 0.717) is 13.1 Å². The molecule has 1 rings (SSSR count). The summed E-state index contributed by atoms with van der Waals surface area (Å²) in [5, 5.41) is 6.96. The summed E-state index contributed by atoms with van der Waals surface area (Å²) in [5.41, 5.74) is -0.0338. The van der Waals surface area contributed by atoms with Gasteiger partial charge in [0.2, 0.25) is 5.91 Å². The molecule has 1 aromatic heterocycles. The van der Waals surface area contributed by atoms with Crippen molar-refractivity contribution >= 4 is 17.2 Å². The summed E-state index contributed by atoms with van der Waals surface area (Å²) < 4.78 is 0. The molecule has 4 nitrogen and oxygen atoms in total. The van der Waals surface area contributed by atoms with Crippen molar-refractivity contribution in [2.45, 2.75) is 46.2 Å². The minimum atomic E-state index is -0.0338. The maximum Gasteiger partial charge on any atom is 0.234 e. The minimum Gasteiger partial charge on any atom is -0.348 e. The quantitative estimate of drug-likeness (QED) is 0.842. The van der Waals surface area contributed by atoms with Crippen molar-refractivity contribution in [3.05, 3.63) is 16.1 Å². The smallest absolute Gasteiger partial charge is 0.234 e. The number of rotatable bonds is 5. The van der Waals surface area contributed by atoms with Crippen molar-refractivity contribution in [1.82, 2.24) is 15.6 Å². The topological polar surface area (TPSA) is 54.0 Å². The molecule has 0 spiro atoms. The van der Waals surface area contributed by atoms with E-state index in [1.807, 2.05) is 27.0 Å². The van der Waals surface area contributed by atoms with Crippen LogP contribution in [0.1, 0.15) is 37.6 Å². The van der Waals surface area contributed by atoms with E-state index in [9.17, 15) is 4.79 Å². The van der Waals surface area contributed by atoms with Crippen molar-refractivity contribution < 1.29 is 4.79 Å². The van der Waals surface area contributed by atoms with E-state index < -0.39 is 0 Å². The SMILES string of the molecule is CCc1cnc(CNC(=O)CNC(C)(C)C)s1. The molecule has 0 saturated heterocycles. The number of amides is 1. The van der Waals surface area contributed by atoms with Gasteiger partial charge in [-0.2, -0.15) is 0 Å². The Morgan fingerprint density at radius 2 is 2.18 bits per heavy atom. The number of aromatic nitrogens is 1. The number of carbonyl (C=O) groups excluding carboxylic acids is 1. The molecule has 96 valence electrons. The van der Waals surface area contributed by atoms with Gasteiger partial charge in [-0.15, -0.1) is 11.3 Å². The molecule has 0 radical (unpaired) electrons. The first-order valence-electron chi connectivity index (χ1n) is 5.86. The summed E-state index contributed by atoms with van der Waals surface area (Å²) in [5.74, 6) is 0.00757. The Hall–Kier alpha value is -0.940.